The monoisotopic (exact) mass is 598 g/mol. The van der Waals surface area contributed by atoms with Gasteiger partial charge in [0.25, 0.3) is 10.0 Å². The number of rotatable bonds is 8. The second-order valence-electron chi connectivity index (χ2n) is 8.83. The van der Waals surface area contributed by atoms with E-state index >= 15 is 4.39 Å². The van der Waals surface area contributed by atoms with Crippen LogP contribution in [0.25, 0.3) is 0 Å². The van der Waals surface area contributed by atoms with Gasteiger partial charge < -0.3 is 9.64 Å². The third kappa shape index (κ3) is 6.82. The number of carbonyl (C=O) groups is 1. The molecule has 39 heavy (non-hydrogen) atoms. The van der Waals surface area contributed by atoms with Gasteiger partial charge in [0.2, 0.25) is 0 Å². The van der Waals surface area contributed by atoms with E-state index < -0.39 is 45.3 Å². The van der Waals surface area contributed by atoms with E-state index in [4.69, 9.17) is 16.3 Å². The predicted molar refractivity (Wildman–Crippen MR) is 146 cm³/mol. The smallest absolute Gasteiger partial charge is 0.409 e. The molecule has 0 aromatic heterocycles. The van der Waals surface area contributed by atoms with E-state index in [0.717, 1.165) is 40.1 Å². The summed E-state index contributed by atoms with van der Waals surface area (Å²) in [6.45, 7) is 2.56. The first-order chi connectivity index (χ1) is 18.6. The van der Waals surface area contributed by atoms with Crippen molar-refractivity contribution in [2.75, 3.05) is 35.5 Å². The maximum Gasteiger partial charge on any atom is 0.409 e. The highest BCUT2D eigenvalue weighted by atomic mass is 35.5. The van der Waals surface area contributed by atoms with Crippen LogP contribution >= 0.6 is 23.4 Å². The van der Waals surface area contributed by atoms with Crippen LogP contribution in [0.15, 0.2) is 65.6 Å². The van der Waals surface area contributed by atoms with E-state index in [2.05, 4.69) is 0 Å². The van der Waals surface area contributed by atoms with Gasteiger partial charge in [-0.2, -0.15) is 11.8 Å². The molecule has 1 atom stereocenters. The van der Waals surface area contributed by atoms with Gasteiger partial charge in [-0.1, -0.05) is 17.7 Å². The minimum absolute atomic E-state index is 0.0756. The third-order valence-electron chi connectivity index (χ3n) is 6.29. The van der Waals surface area contributed by atoms with Crippen molar-refractivity contribution in [3.8, 4) is 0 Å². The number of carbonyl (C=O) groups excluding carboxylic acids is 1. The Hall–Kier alpha value is -2.89. The van der Waals surface area contributed by atoms with Crippen molar-refractivity contribution in [3.63, 3.8) is 0 Å². The zero-order valence-electron chi connectivity index (χ0n) is 20.9. The predicted octanol–water partition coefficient (Wildman–Crippen LogP) is 6.44. The molecule has 0 bridgehead atoms. The van der Waals surface area contributed by atoms with Gasteiger partial charge in [0, 0.05) is 42.1 Å². The molecular weight excluding hydrogens is 573 g/mol. The van der Waals surface area contributed by atoms with Crippen LogP contribution in [0.2, 0.25) is 5.02 Å². The van der Waals surface area contributed by atoms with Crippen molar-refractivity contribution in [2.45, 2.75) is 24.3 Å². The molecule has 1 aliphatic heterocycles. The Kier molecular flexibility index (Phi) is 9.35. The summed E-state index contributed by atoms with van der Waals surface area (Å²) in [7, 11) is -4.45. The summed E-state index contributed by atoms with van der Waals surface area (Å²) in [5.41, 5.74) is 0.183. The fourth-order valence-electron chi connectivity index (χ4n) is 4.33. The number of sulfonamides is 1. The number of ether oxygens (including phenoxy) is 1. The second-order valence-corrected chi connectivity index (χ2v) is 12.3. The molecule has 3 aromatic rings. The van der Waals surface area contributed by atoms with E-state index in [9.17, 15) is 22.0 Å². The summed E-state index contributed by atoms with van der Waals surface area (Å²) >= 11 is 7.67. The van der Waals surface area contributed by atoms with Crippen molar-refractivity contribution in [1.29, 1.82) is 0 Å². The third-order valence-corrected chi connectivity index (χ3v) is 9.38. The number of thioether (sulfide) groups is 1. The van der Waals surface area contributed by atoms with Crippen LogP contribution < -0.4 is 4.31 Å². The van der Waals surface area contributed by atoms with Gasteiger partial charge in [0.15, 0.2) is 0 Å². The highest BCUT2D eigenvalue weighted by Crippen LogP contribution is 2.37. The lowest BCUT2D eigenvalue weighted by Gasteiger charge is -2.32. The lowest BCUT2D eigenvalue weighted by molar-refractivity contribution is 0.107. The van der Waals surface area contributed by atoms with Gasteiger partial charge >= 0.3 is 6.09 Å². The molecule has 0 N–H and O–H groups in total. The van der Waals surface area contributed by atoms with Crippen molar-refractivity contribution >= 4 is 45.2 Å². The molecular formula is C27H26ClF3N2O4S2. The van der Waals surface area contributed by atoms with Gasteiger partial charge in [-0.3, -0.25) is 4.31 Å². The van der Waals surface area contributed by atoms with Crippen molar-refractivity contribution in [2.24, 2.45) is 0 Å². The van der Waals surface area contributed by atoms with Crippen molar-refractivity contribution in [3.05, 3.63) is 94.3 Å². The Bertz CT molecular complexity index is 1440. The van der Waals surface area contributed by atoms with Gasteiger partial charge in [-0.15, -0.1) is 0 Å². The van der Waals surface area contributed by atoms with Crippen LogP contribution in [0.3, 0.4) is 0 Å². The first kappa shape index (κ1) is 29.1. The van der Waals surface area contributed by atoms with Crippen LogP contribution in [0, 0.1) is 17.5 Å². The fourth-order valence-corrected chi connectivity index (χ4v) is 7.00. The first-order valence-corrected chi connectivity index (χ1v) is 15.1. The fraction of sp³-hybridized carbons (Fsp3) is 0.296. The molecule has 12 heteroatoms. The molecule has 1 heterocycles. The number of hydrogen-bond donors (Lipinski definition) is 0. The van der Waals surface area contributed by atoms with Gasteiger partial charge in [0.05, 0.1) is 23.2 Å². The number of amides is 1. The van der Waals surface area contributed by atoms with Gasteiger partial charge in [-0.25, -0.2) is 26.4 Å². The van der Waals surface area contributed by atoms with E-state index in [0.29, 0.717) is 29.2 Å². The molecule has 3 aromatic carbocycles. The Morgan fingerprint density at radius 2 is 1.67 bits per heavy atom. The zero-order chi connectivity index (χ0) is 28.2. The highest BCUT2D eigenvalue weighted by molar-refractivity contribution is 7.99. The Morgan fingerprint density at radius 3 is 2.36 bits per heavy atom. The van der Waals surface area contributed by atoms with E-state index in [1.165, 1.54) is 43.3 Å². The summed E-state index contributed by atoms with van der Waals surface area (Å²) in [4.78, 5) is 13.8. The number of benzene rings is 3. The standard InChI is InChI=1S/C27H26ClF3N2O4S2/c1-18(24-8-4-21(29)16-19(24)10-13-37-27(34)32-11-14-38-15-12-32)33(26-17-22(30)5-9-25(26)31)39(35,36)23-6-2-20(28)3-7-23/h2-9,16-18H,10-15H2,1H3/t18-/m1/s1. The Balaban J connectivity index is 1.69. The largest absolute Gasteiger partial charge is 0.449 e. The van der Waals surface area contributed by atoms with E-state index in [1.54, 1.807) is 16.7 Å². The number of nitrogens with zero attached hydrogens (tertiary/aromatic N) is 2. The molecule has 1 aliphatic rings. The molecule has 0 spiro atoms. The Morgan fingerprint density at radius 1 is 1.03 bits per heavy atom. The molecule has 6 nitrogen and oxygen atoms in total. The topological polar surface area (TPSA) is 66.9 Å². The normalized spacial score (nSPS) is 14.6. The summed E-state index contributed by atoms with van der Waals surface area (Å²) in [5, 5.41) is 0.296. The molecule has 4 rings (SSSR count). The van der Waals surface area contributed by atoms with Crippen LogP contribution in [-0.2, 0) is 21.2 Å². The molecule has 208 valence electrons. The minimum Gasteiger partial charge on any atom is -0.449 e. The number of anilines is 1. The molecule has 0 unspecified atom stereocenters. The van der Waals surface area contributed by atoms with E-state index in [-0.39, 0.29) is 17.9 Å². The quantitative estimate of drug-likeness (QED) is 0.298. The average Bonchev–Trinajstić information content (AvgIpc) is 2.91. The summed E-state index contributed by atoms with van der Waals surface area (Å²) in [5.74, 6) is -0.746. The van der Waals surface area contributed by atoms with Crippen molar-refractivity contribution < 1.29 is 31.1 Å². The molecule has 1 amide bonds. The van der Waals surface area contributed by atoms with Gasteiger partial charge in [-0.05, 0) is 66.6 Å². The van der Waals surface area contributed by atoms with Crippen LogP contribution in [0.4, 0.5) is 23.7 Å². The summed E-state index contributed by atoms with van der Waals surface area (Å²) < 4.78 is 77.4. The maximum atomic E-state index is 15.0. The maximum absolute atomic E-state index is 15.0. The minimum atomic E-state index is -4.45. The number of halogens is 4. The molecule has 0 aliphatic carbocycles. The van der Waals surface area contributed by atoms with Gasteiger partial charge in [0.1, 0.15) is 17.5 Å². The summed E-state index contributed by atoms with van der Waals surface area (Å²) in [6.07, 6.45) is -0.401. The Labute approximate surface area is 234 Å². The SMILES string of the molecule is C[C@H](c1ccc(F)cc1CCOC(=O)N1CCSCC1)N(c1cc(F)ccc1F)S(=O)(=O)c1ccc(Cl)cc1. The first-order valence-electron chi connectivity index (χ1n) is 12.1. The zero-order valence-corrected chi connectivity index (χ0v) is 23.3. The molecule has 1 fully saturated rings. The average molecular weight is 599 g/mol. The van der Waals surface area contributed by atoms with E-state index in [1.807, 2.05) is 0 Å². The van der Waals surface area contributed by atoms with Crippen molar-refractivity contribution in [1.82, 2.24) is 4.90 Å². The lowest BCUT2D eigenvalue weighted by atomic mass is 9.98. The summed E-state index contributed by atoms with van der Waals surface area (Å²) in [6, 6.07) is 10.4. The second kappa shape index (κ2) is 12.5. The molecule has 1 saturated heterocycles. The van der Waals surface area contributed by atoms with Crippen LogP contribution in [0.5, 0.6) is 0 Å². The number of hydrogen-bond acceptors (Lipinski definition) is 5. The lowest BCUT2D eigenvalue weighted by Crippen LogP contribution is -2.38. The molecule has 0 radical (unpaired) electrons. The highest BCUT2D eigenvalue weighted by Gasteiger charge is 2.34. The van der Waals surface area contributed by atoms with Crippen LogP contribution in [0.1, 0.15) is 24.1 Å². The molecule has 0 saturated carbocycles. The van der Waals surface area contributed by atoms with Crippen LogP contribution in [-0.4, -0.2) is 50.6 Å².